The van der Waals surface area contributed by atoms with Crippen LogP contribution >= 0.6 is 0 Å². The molecule has 1 N–H and O–H groups in total. The van der Waals surface area contributed by atoms with Crippen LogP contribution in [0, 0.1) is 0 Å². The van der Waals surface area contributed by atoms with E-state index in [0.717, 1.165) is 37.3 Å². The van der Waals surface area contributed by atoms with E-state index in [9.17, 15) is 4.79 Å². The first-order valence-electron chi connectivity index (χ1n) is 5.78. The van der Waals surface area contributed by atoms with E-state index in [1.54, 1.807) is 6.20 Å². The Kier molecular flexibility index (Phi) is 3.93. The van der Waals surface area contributed by atoms with E-state index in [-0.39, 0.29) is 5.43 Å². The third-order valence-electron chi connectivity index (χ3n) is 2.81. The molecule has 1 aliphatic rings. The molecular weight excluding hydrogens is 218 g/mol. The van der Waals surface area contributed by atoms with Crippen LogP contribution in [0.4, 0.5) is 0 Å². The van der Waals surface area contributed by atoms with Gasteiger partial charge in [0.25, 0.3) is 0 Å². The number of oxime groups is 1. The van der Waals surface area contributed by atoms with E-state index in [0.29, 0.717) is 6.61 Å². The summed E-state index contributed by atoms with van der Waals surface area (Å²) in [6.45, 7) is 2.38. The summed E-state index contributed by atoms with van der Waals surface area (Å²) in [6.07, 6.45) is 3.54. The molecule has 5 heteroatoms. The number of hydrogen-bond donors (Lipinski definition) is 1. The SMILES string of the molecule is CN1CCC(=NOCc2cc(=O)cc[nH]2)CC1. The highest BCUT2D eigenvalue weighted by Gasteiger charge is 2.11. The molecule has 0 spiro atoms. The standard InChI is InChI=1S/C12H17N3O2/c1-15-6-3-10(4-7-15)14-17-9-11-8-12(16)2-5-13-11/h2,5,8H,3-4,6-7,9H2,1H3,(H,13,16). The zero-order valence-electron chi connectivity index (χ0n) is 9.98. The smallest absolute Gasteiger partial charge is 0.181 e. The topological polar surface area (TPSA) is 57.7 Å². The highest BCUT2D eigenvalue weighted by Crippen LogP contribution is 2.05. The van der Waals surface area contributed by atoms with Gasteiger partial charge in [-0.05, 0) is 7.05 Å². The summed E-state index contributed by atoms with van der Waals surface area (Å²) < 4.78 is 0. The van der Waals surface area contributed by atoms with Gasteiger partial charge in [0, 0.05) is 44.3 Å². The summed E-state index contributed by atoms with van der Waals surface area (Å²) in [5, 5.41) is 4.11. The molecule has 0 aromatic carbocycles. The molecule has 0 saturated carbocycles. The number of likely N-dealkylation sites (tertiary alicyclic amines) is 1. The zero-order valence-corrected chi connectivity index (χ0v) is 9.98. The molecule has 1 aromatic heterocycles. The number of nitrogens with zero attached hydrogens (tertiary/aromatic N) is 2. The van der Waals surface area contributed by atoms with Crippen molar-refractivity contribution in [2.75, 3.05) is 20.1 Å². The van der Waals surface area contributed by atoms with Crippen LogP contribution in [0.2, 0.25) is 0 Å². The number of nitrogens with one attached hydrogen (secondary N) is 1. The van der Waals surface area contributed by atoms with Crippen LogP contribution in [0.25, 0.3) is 0 Å². The summed E-state index contributed by atoms with van der Waals surface area (Å²) in [4.78, 5) is 21.5. The number of aromatic amines is 1. The van der Waals surface area contributed by atoms with E-state index in [2.05, 4.69) is 22.1 Å². The summed E-state index contributed by atoms with van der Waals surface area (Å²) in [5.41, 5.74) is 1.82. The number of piperidine rings is 1. The van der Waals surface area contributed by atoms with Gasteiger partial charge in [0.1, 0.15) is 0 Å². The van der Waals surface area contributed by atoms with Crippen molar-refractivity contribution >= 4 is 5.71 Å². The monoisotopic (exact) mass is 235 g/mol. The third kappa shape index (κ3) is 3.71. The molecule has 17 heavy (non-hydrogen) atoms. The fraction of sp³-hybridized carbons (Fsp3) is 0.500. The Bertz CT molecular complexity index is 443. The lowest BCUT2D eigenvalue weighted by Gasteiger charge is -2.22. The fourth-order valence-electron chi connectivity index (χ4n) is 1.74. The molecule has 5 nitrogen and oxygen atoms in total. The molecule has 0 atom stereocenters. The maximum Gasteiger partial charge on any atom is 0.181 e. The van der Waals surface area contributed by atoms with Gasteiger partial charge in [0.2, 0.25) is 0 Å². The Balaban J connectivity index is 1.83. The van der Waals surface area contributed by atoms with Crippen LogP contribution in [0.5, 0.6) is 0 Å². The van der Waals surface area contributed by atoms with Crippen LogP contribution in [0.15, 0.2) is 28.3 Å². The van der Waals surface area contributed by atoms with Gasteiger partial charge in [-0.2, -0.15) is 0 Å². The largest absolute Gasteiger partial charge is 0.389 e. The van der Waals surface area contributed by atoms with E-state index >= 15 is 0 Å². The Labute approximate surface area is 100 Å². The van der Waals surface area contributed by atoms with Gasteiger partial charge in [-0.25, -0.2) is 0 Å². The summed E-state index contributed by atoms with van der Waals surface area (Å²) >= 11 is 0. The van der Waals surface area contributed by atoms with Crippen molar-refractivity contribution in [2.45, 2.75) is 19.4 Å². The molecule has 1 saturated heterocycles. The van der Waals surface area contributed by atoms with Crippen LogP contribution < -0.4 is 5.43 Å². The first-order valence-corrected chi connectivity index (χ1v) is 5.78. The summed E-state index contributed by atoms with van der Waals surface area (Å²) in [5.74, 6) is 0. The quantitative estimate of drug-likeness (QED) is 0.794. The minimum absolute atomic E-state index is 0.0192. The van der Waals surface area contributed by atoms with Crippen molar-refractivity contribution < 1.29 is 4.84 Å². The summed E-state index contributed by atoms with van der Waals surface area (Å²) in [7, 11) is 2.10. The first-order chi connectivity index (χ1) is 8.24. The van der Waals surface area contributed by atoms with Crippen molar-refractivity contribution in [3.05, 3.63) is 34.2 Å². The predicted octanol–water partition coefficient (Wildman–Crippen LogP) is 0.973. The maximum atomic E-state index is 11.1. The molecule has 0 bridgehead atoms. The third-order valence-corrected chi connectivity index (χ3v) is 2.81. The normalized spacial score (nSPS) is 16.9. The molecule has 1 fully saturated rings. The lowest BCUT2D eigenvalue weighted by molar-refractivity contribution is 0.125. The second-order valence-corrected chi connectivity index (χ2v) is 4.28. The number of rotatable bonds is 3. The molecule has 0 radical (unpaired) electrons. The molecule has 2 rings (SSSR count). The fourth-order valence-corrected chi connectivity index (χ4v) is 1.74. The summed E-state index contributed by atoms with van der Waals surface area (Å²) in [6, 6.07) is 3.00. The van der Waals surface area contributed by atoms with Gasteiger partial charge in [0.05, 0.1) is 11.4 Å². The van der Waals surface area contributed by atoms with Gasteiger partial charge in [0.15, 0.2) is 12.0 Å². The number of aromatic nitrogens is 1. The average molecular weight is 235 g/mol. The van der Waals surface area contributed by atoms with E-state index in [4.69, 9.17) is 4.84 Å². The lowest BCUT2D eigenvalue weighted by Crippen LogP contribution is -2.30. The van der Waals surface area contributed by atoms with Crippen molar-refractivity contribution in [1.29, 1.82) is 0 Å². The Hall–Kier alpha value is -1.62. The van der Waals surface area contributed by atoms with Gasteiger partial charge in [-0.15, -0.1) is 0 Å². The molecule has 0 aliphatic carbocycles. The Morgan fingerprint density at radius 1 is 1.47 bits per heavy atom. The van der Waals surface area contributed by atoms with E-state index in [1.807, 2.05) is 0 Å². The minimum atomic E-state index is -0.0192. The van der Waals surface area contributed by atoms with E-state index in [1.165, 1.54) is 12.1 Å². The van der Waals surface area contributed by atoms with Crippen LogP contribution in [0.1, 0.15) is 18.5 Å². The number of H-pyrrole nitrogens is 1. The molecule has 0 unspecified atom stereocenters. The minimum Gasteiger partial charge on any atom is -0.389 e. The Morgan fingerprint density at radius 3 is 2.94 bits per heavy atom. The zero-order chi connectivity index (χ0) is 12.1. The number of pyridine rings is 1. The molecule has 1 aromatic rings. The number of hydrogen-bond acceptors (Lipinski definition) is 4. The van der Waals surface area contributed by atoms with Gasteiger partial charge in [-0.3, -0.25) is 4.79 Å². The first kappa shape index (κ1) is 11.9. The highest BCUT2D eigenvalue weighted by atomic mass is 16.6. The second kappa shape index (κ2) is 5.63. The second-order valence-electron chi connectivity index (χ2n) is 4.28. The van der Waals surface area contributed by atoms with Crippen molar-refractivity contribution in [1.82, 2.24) is 9.88 Å². The molecule has 1 aliphatic heterocycles. The highest BCUT2D eigenvalue weighted by molar-refractivity contribution is 5.84. The van der Waals surface area contributed by atoms with Gasteiger partial charge < -0.3 is 14.7 Å². The average Bonchev–Trinajstić information content (AvgIpc) is 2.32. The predicted molar refractivity (Wildman–Crippen MR) is 66.0 cm³/mol. The van der Waals surface area contributed by atoms with E-state index < -0.39 is 0 Å². The van der Waals surface area contributed by atoms with Crippen molar-refractivity contribution in [2.24, 2.45) is 5.16 Å². The van der Waals surface area contributed by atoms with Crippen LogP contribution in [-0.4, -0.2) is 35.7 Å². The van der Waals surface area contributed by atoms with Gasteiger partial charge in [-0.1, -0.05) is 5.16 Å². The molecule has 0 amide bonds. The molecule has 92 valence electrons. The van der Waals surface area contributed by atoms with Gasteiger partial charge >= 0.3 is 0 Å². The Morgan fingerprint density at radius 2 is 2.24 bits per heavy atom. The maximum absolute atomic E-state index is 11.1. The molecule has 2 heterocycles. The van der Waals surface area contributed by atoms with Crippen molar-refractivity contribution in [3.8, 4) is 0 Å². The lowest BCUT2D eigenvalue weighted by atomic mass is 10.1. The van der Waals surface area contributed by atoms with Crippen LogP contribution in [0.3, 0.4) is 0 Å². The van der Waals surface area contributed by atoms with Crippen LogP contribution in [-0.2, 0) is 11.4 Å². The van der Waals surface area contributed by atoms with Crippen molar-refractivity contribution in [3.63, 3.8) is 0 Å². The molecular formula is C12H17N3O2.